The van der Waals surface area contributed by atoms with Crippen LogP contribution in [0, 0.1) is 5.92 Å². The monoisotopic (exact) mass is 293 g/mol. The first-order valence-corrected chi connectivity index (χ1v) is 8.86. The van der Waals surface area contributed by atoms with E-state index in [0.717, 1.165) is 31.4 Å². The predicted octanol–water partition coefficient (Wildman–Crippen LogP) is 4.27. The summed E-state index contributed by atoms with van der Waals surface area (Å²) in [6.45, 7) is 7.30. The Morgan fingerprint density at radius 1 is 1.20 bits per heavy atom. The fraction of sp³-hybridized carbons (Fsp3) is 0.647. The molecule has 3 heteroatoms. The maximum absolute atomic E-state index is 5.47. The van der Waals surface area contributed by atoms with Crippen molar-refractivity contribution in [3.8, 4) is 0 Å². The number of benzene rings is 1. The zero-order chi connectivity index (χ0) is 14.2. The Bertz CT molecular complexity index is 373. The average molecular weight is 293 g/mol. The highest BCUT2D eigenvalue weighted by Crippen LogP contribution is 2.29. The van der Waals surface area contributed by atoms with Crippen molar-refractivity contribution < 1.29 is 4.74 Å². The van der Waals surface area contributed by atoms with E-state index in [-0.39, 0.29) is 0 Å². The Balaban J connectivity index is 1.98. The largest absolute Gasteiger partial charge is 0.381 e. The van der Waals surface area contributed by atoms with Gasteiger partial charge in [0.05, 0.1) is 0 Å². The van der Waals surface area contributed by atoms with Gasteiger partial charge in [0.1, 0.15) is 0 Å². The highest BCUT2D eigenvalue weighted by Gasteiger charge is 2.19. The van der Waals surface area contributed by atoms with Gasteiger partial charge in [-0.15, -0.1) is 11.8 Å². The minimum absolute atomic E-state index is 0.490. The van der Waals surface area contributed by atoms with Crippen LogP contribution in [0.15, 0.2) is 29.2 Å². The van der Waals surface area contributed by atoms with Crippen LogP contribution < -0.4 is 5.32 Å². The molecule has 1 saturated heterocycles. The van der Waals surface area contributed by atoms with Crippen LogP contribution in [0.25, 0.3) is 0 Å². The van der Waals surface area contributed by atoms with Crippen LogP contribution in [-0.2, 0) is 4.74 Å². The molecule has 1 aliphatic heterocycles. The first kappa shape index (κ1) is 15.9. The van der Waals surface area contributed by atoms with Gasteiger partial charge in [0.2, 0.25) is 0 Å². The molecule has 2 rings (SSSR count). The highest BCUT2D eigenvalue weighted by atomic mass is 32.2. The molecule has 0 radical (unpaired) electrons. The van der Waals surface area contributed by atoms with Crippen molar-refractivity contribution in [2.75, 3.05) is 25.5 Å². The normalized spacial score (nSPS) is 18.1. The Kier molecular flexibility index (Phi) is 6.91. The molecule has 1 aromatic carbocycles. The van der Waals surface area contributed by atoms with E-state index < -0.39 is 0 Å². The molecule has 1 N–H and O–H groups in total. The zero-order valence-corrected chi connectivity index (χ0v) is 13.5. The molecule has 0 spiro atoms. The van der Waals surface area contributed by atoms with Crippen molar-refractivity contribution in [2.24, 2.45) is 5.92 Å². The topological polar surface area (TPSA) is 21.3 Å². The van der Waals surface area contributed by atoms with Crippen LogP contribution in [0.5, 0.6) is 0 Å². The van der Waals surface area contributed by atoms with Crippen LogP contribution in [0.4, 0.5) is 0 Å². The van der Waals surface area contributed by atoms with E-state index in [4.69, 9.17) is 4.74 Å². The van der Waals surface area contributed by atoms with Crippen molar-refractivity contribution in [2.45, 2.75) is 44.0 Å². The van der Waals surface area contributed by atoms with Crippen LogP contribution in [0.2, 0.25) is 0 Å². The van der Waals surface area contributed by atoms with Gasteiger partial charge in [-0.1, -0.05) is 26.0 Å². The van der Waals surface area contributed by atoms with Gasteiger partial charge in [-0.2, -0.15) is 0 Å². The van der Waals surface area contributed by atoms with E-state index in [9.17, 15) is 0 Å². The highest BCUT2D eigenvalue weighted by molar-refractivity contribution is 7.99. The molecule has 0 aromatic heterocycles. The lowest BCUT2D eigenvalue weighted by Gasteiger charge is -2.27. The predicted molar refractivity (Wildman–Crippen MR) is 87.4 cm³/mol. The summed E-state index contributed by atoms with van der Waals surface area (Å²) in [5.74, 6) is 1.94. The molecule has 1 fully saturated rings. The van der Waals surface area contributed by atoms with E-state index in [1.165, 1.54) is 29.7 Å². The molecular formula is C17H27NOS. The van der Waals surface area contributed by atoms with Gasteiger partial charge in [-0.25, -0.2) is 0 Å². The molecule has 1 atom stereocenters. The third-order valence-electron chi connectivity index (χ3n) is 3.95. The second-order valence-corrected chi connectivity index (χ2v) is 6.74. The maximum atomic E-state index is 5.47. The summed E-state index contributed by atoms with van der Waals surface area (Å²) in [7, 11) is 0. The second-order valence-electron chi connectivity index (χ2n) is 5.40. The molecule has 0 bridgehead atoms. The lowest BCUT2D eigenvalue weighted by atomic mass is 9.89. The first-order valence-electron chi connectivity index (χ1n) is 7.87. The van der Waals surface area contributed by atoms with E-state index in [0.29, 0.717) is 6.04 Å². The lowest BCUT2D eigenvalue weighted by Crippen LogP contribution is -2.26. The minimum atomic E-state index is 0.490. The minimum Gasteiger partial charge on any atom is -0.381 e. The maximum Gasteiger partial charge on any atom is 0.0468 e. The smallest absolute Gasteiger partial charge is 0.0468 e. The quantitative estimate of drug-likeness (QED) is 0.759. The summed E-state index contributed by atoms with van der Waals surface area (Å²) < 4.78 is 5.47. The third kappa shape index (κ3) is 4.80. The van der Waals surface area contributed by atoms with Crippen molar-refractivity contribution in [3.05, 3.63) is 29.8 Å². The number of rotatable bonds is 7. The summed E-state index contributed by atoms with van der Waals surface area (Å²) in [6.07, 6.45) is 3.66. The number of nitrogens with one attached hydrogen (secondary N) is 1. The molecule has 1 aliphatic rings. The third-order valence-corrected chi connectivity index (χ3v) is 4.85. The first-order chi connectivity index (χ1) is 9.83. The molecule has 1 unspecified atom stereocenters. The standard InChI is InChI=1S/C17H27NOS/c1-3-18-17(13-14-9-11-19-12-10-14)15-5-7-16(8-6-15)20-4-2/h5-8,14,17-18H,3-4,9-13H2,1-2H3. The van der Waals surface area contributed by atoms with Gasteiger partial charge in [0, 0.05) is 24.2 Å². The van der Waals surface area contributed by atoms with Gasteiger partial charge in [0.25, 0.3) is 0 Å². The molecule has 2 nitrogen and oxygen atoms in total. The van der Waals surface area contributed by atoms with Crippen molar-refractivity contribution in [1.82, 2.24) is 5.32 Å². The number of ether oxygens (including phenoxy) is 1. The Morgan fingerprint density at radius 3 is 2.50 bits per heavy atom. The molecule has 0 saturated carbocycles. The number of thioether (sulfide) groups is 1. The summed E-state index contributed by atoms with van der Waals surface area (Å²) in [4.78, 5) is 1.37. The summed E-state index contributed by atoms with van der Waals surface area (Å²) in [5.41, 5.74) is 1.43. The lowest BCUT2D eigenvalue weighted by molar-refractivity contribution is 0.0606. The molecular weight excluding hydrogens is 266 g/mol. The molecule has 1 aromatic rings. The summed E-state index contributed by atoms with van der Waals surface area (Å²) in [6, 6.07) is 9.61. The van der Waals surface area contributed by atoms with Crippen LogP contribution in [-0.4, -0.2) is 25.5 Å². The Hall–Kier alpha value is -0.510. The average Bonchev–Trinajstić information content (AvgIpc) is 2.49. The SMILES string of the molecule is CCNC(CC1CCOCC1)c1ccc(SCC)cc1. The van der Waals surface area contributed by atoms with Crippen LogP contribution in [0.3, 0.4) is 0 Å². The summed E-state index contributed by atoms with van der Waals surface area (Å²) >= 11 is 1.91. The summed E-state index contributed by atoms with van der Waals surface area (Å²) in [5, 5.41) is 3.65. The Morgan fingerprint density at radius 2 is 1.90 bits per heavy atom. The van der Waals surface area contributed by atoms with E-state index in [1.807, 2.05) is 11.8 Å². The van der Waals surface area contributed by atoms with Crippen LogP contribution in [0.1, 0.15) is 44.7 Å². The van der Waals surface area contributed by atoms with Gasteiger partial charge in [-0.05, 0) is 55.2 Å². The fourth-order valence-electron chi connectivity index (χ4n) is 2.86. The number of hydrogen-bond acceptors (Lipinski definition) is 3. The van der Waals surface area contributed by atoms with Gasteiger partial charge >= 0.3 is 0 Å². The van der Waals surface area contributed by atoms with E-state index in [2.05, 4.69) is 43.4 Å². The molecule has 0 aliphatic carbocycles. The van der Waals surface area contributed by atoms with Gasteiger partial charge in [-0.3, -0.25) is 0 Å². The number of hydrogen-bond donors (Lipinski definition) is 1. The van der Waals surface area contributed by atoms with Crippen LogP contribution >= 0.6 is 11.8 Å². The zero-order valence-electron chi connectivity index (χ0n) is 12.7. The molecule has 20 heavy (non-hydrogen) atoms. The molecule has 112 valence electrons. The fourth-order valence-corrected chi connectivity index (χ4v) is 3.52. The second kappa shape index (κ2) is 8.71. The van der Waals surface area contributed by atoms with Gasteiger partial charge < -0.3 is 10.1 Å². The van der Waals surface area contributed by atoms with E-state index >= 15 is 0 Å². The van der Waals surface area contributed by atoms with Crippen molar-refractivity contribution in [1.29, 1.82) is 0 Å². The molecule has 1 heterocycles. The van der Waals surface area contributed by atoms with Crippen molar-refractivity contribution >= 4 is 11.8 Å². The van der Waals surface area contributed by atoms with Crippen molar-refractivity contribution in [3.63, 3.8) is 0 Å². The Labute approximate surface area is 127 Å². The molecule has 0 amide bonds. The van der Waals surface area contributed by atoms with Gasteiger partial charge in [0.15, 0.2) is 0 Å². The van der Waals surface area contributed by atoms with E-state index in [1.54, 1.807) is 0 Å².